The topological polar surface area (TPSA) is 73.9 Å². The van der Waals surface area contributed by atoms with Crippen LogP contribution in [0.2, 0.25) is 0 Å². The van der Waals surface area contributed by atoms with Crippen LogP contribution in [0, 0.1) is 12.8 Å². The predicted molar refractivity (Wildman–Crippen MR) is 119 cm³/mol. The molecule has 0 bridgehead atoms. The number of likely N-dealkylation sites (tertiary alicyclic amines) is 1. The van der Waals surface area contributed by atoms with Crippen molar-refractivity contribution in [3.8, 4) is 0 Å². The minimum atomic E-state index is 0.0264. The number of para-hydroxylation sites is 1. The summed E-state index contributed by atoms with van der Waals surface area (Å²) in [6.07, 6.45) is 3.46. The molecule has 0 aliphatic carbocycles. The molecule has 5 rings (SSSR count). The zero-order valence-corrected chi connectivity index (χ0v) is 17.1. The summed E-state index contributed by atoms with van der Waals surface area (Å²) in [5, 5.41) is 4.14. The maximum Gasteiger partial charge on any atom is 0.227 e. The summed E-state index contributed by atoms with van der Waals surface area (Å²) in [7, 11) is 0. The number of anilines is 1. The summed E-state index contributed by atoms with van der Waals surface area (Å²) in [5.74, 6) is 1.10. The molecule has 0 atom stereocenters. The molecule has 2 aromatic carbocycles. The van der Waals surface area contributed by atoms with Gasteiger partial charge in [-0.25, -0.2) is 4.98 Å². The minimum Gasteiger partial charge on any atom is -0.341 e. The van der Waals surface area contributed by atoms with Crippen LogP contribution in [0.25, 0.3) is 21.9 Å². The highest BCUT2D eigenvalue weighted by molar-refractivity contribution is 6.01. The molecule has 1 aliphatic heterocycles. The van der Waals surface area contributed by atoms with E-state index in [1.165, 1.54) is 5.56 Å². The van der Waals surface area contributed by atoms with E-state index in [4.69, 9.17) is 4.98 Å². The first-order chi connectivity index (χ1) is 14.7. The Kier molecular flexibility index (Phi) is 4.93. The molecule has 6 heteroatoms. The third-order valence-corrected chi connectivity index (χ3v) is 5.91. The van der Waals surface area contributed by atoms with E-state index in [0.29, 0.717) is 0 Å². The molecule has 0 spiro atoms. The Morgan fingerprint density at radius 3 is 2.87 bits per heavy atom. The van der Waals surface area contributed by atoms with Gasteiger partial charge in [0.05, 0.1) is 28.8 Å². The number of aromatic amines is 1. The number of rotatable bonds is 4. The highest BCUT2D eigenvalue weighted by Crippen LogP contribution is 2.24. The van der Waals surface area contributed by atoms with E-state index in [2.05, 4.69) is 45.3 Å². The Morgan fingerprint density at radius 1 is 1.17 bits per heavy atom. The van der Waals surface area contributed by atoms with Crippen molar-refractivity contribution in [3.05, 3.63) is 66.1 Å². The molecule has 1 aliphatic rings. The Balaban J connectivity index is 1.20. The van der Waals surface area contributed by atoms with Gasteiger partial charge in [-0.1, -0.05) is 24.3 Å². The number of pyridine rings is 1. The summed E-state index contributed by atoms with van der Waals surface area (Å²) >= 11 is 0. The first kappa shape index (κ1) is 18.8. The van der Waals surface area contributed by atoms with Crippen LogP contribution in [0.3, 0.4) is 0 Å². The SMILES string of the molecule is Cc1ccc2nc(CN3CCC(C(=O)Nc4cccc5cccnc45)CC3)[nH]c2c1. The smallest absolute Gasteiger partial charge is 0.227 e. The van der Waals surface area contributed by atoms with Gasteiger partial charge in [-0.2, -0.15) is 0 Å². The van der Waals surface area contributed by atoms with Crippen LogP contribution in [0.4, 0.5) is 5.69 Å². The van der Waals surface area contributed by atoms with E-state index in [1.54, 1.807) is 6.20 Å². The van der Waals surface area contributed by atoms with Gasteiger partial charge in [-0.05, 0) is 62.7 Å². The number of carbonyl (C=O) groups excluding carboxylic acids is 1. The molecule has 1 fully saturated rings. The molecule has 3 heterocycles. The molecule has 0 radical (unpaired) electrons. The van der Waals surface area contributed by atoms with Crippen molar-refractivity contribution >= 4 is 33.5 Å². The number of aromatic nitrogens is 3. The molecule has 2 aromatic heterocycles. The second-order valence-electron chi connectivity index (χ2n) is 8.12. The third-order valence-electron chi connectivity index (χ3n) is 5.91. The largest absolute Gasteiger partial charge is 0.341 e. The molecule has 6 nitrogen and oxygen atoms in total. The van der Waals surface area contributed by atoms with E-state index in [1.807, 2.05) is 30.3 Å². The summed E-state index contributed by atoms with van der Waals surface area (Å²) in [6, 6.07) is 16.1. The third kappa shape index (κ3) is 3.78. The Hall–Kier alpha value is -3.25. The van der Waals surface area contributed by atoms with Crippen molar-refractivity contribution in [1.29, 1.82) is 0 Å². The lowest BCUT2D eigenvalue weighted by molar-refractivity contribution is -0.121. The lowest BCUT2D eigenvalue weighted by Gasteiger charge is -2.30. The van der Waals surface area contributed by atoms with Gasteiger partial charge in [-0.15, -0.1) is 0 Å². The predicted octanol–water partition coefficient (Wildman–Crippen LogP) is 4.27. The highest BCUT2D eigenvalue weighted by Gasteiger charge is 2.26. The number of carbonyl (C=O) groups is 1. The van der Waals surface area contributed by atoms with Gasteiger partial charge in [0.1, 0.15) is 5.82 Å². The molecule has 2 N–H and O–H groups in total. The van der Waals surface area contributed by atoms with Crippen LogP contribution in [-0.2, 0) is 11.3 Å². The first-order valence-electron chi connectivity index (χ1n) is 10.5. The molecule has 0 saturated carbocycles. The zero-order valence-electron chi connectivity index (χ0n) is 17.1. The fourth-order valence-electron chi connectivity index (χ4n) is 4.26. The Bertz CT molecular complexity index is 1200. The van der Waals surface area contributed by atoms with Gasteiger partial charge >= 0.3 is 0 Å². The van der Waals surface area contributed by atoms with Gasteiger partial charge in [0.25, 0.3) is 0 Å². The number of fused-ring (bicyclic) bond motifs is 2. The number of piperidine rings is 1. The van der Waals surface area contributed by atoms with Crippen molar-refractivity contribution < 1.29 is 4.79 Å². The van der Waals surface area contributed by atoms with Gasteiger partial charge in [-0.3, -0.25) is 14.7 Å². The fraction of sp³-hybridized carbons (Fsp3) is 0.292. The maximum atomic E-state index is 12.8. The standard InChI is InChI=1S/C24H25N5O/c1-16-7-8-19-21(14-16)27-22(26-19)15-29-12-9-18(10-13-29)24(30)28-20-6-2-4-17-5-3-11-25-23(17)20/h2-8,11,14,18H,9-10,12-13,15H2,1H3,(H,26,27)(H,28,30). The lowest BCUT2D eigenvalue weighted by atomic mass is 9.95. The lowest BCUT2D eigenvalue weighted by Crippen LogP contribution is -2.38. The van der Waals surface area contributed by atoms with Crippen LogP contribution in [0.15, 0.2) is 54.7 Å². The quantitative estimate of drug-likeness (QED) is 0.537. The van der Waals surface area contributed by atoms with Crippen LogP contribution in [-0.4, -0.2) is 38.8 Å². The monoisotopic (exact) mass is 399 g/mol. The Labute approximate surface area is 175 Å². The number of imidazole rings is 1. The van der Waals surface area contributed by atoms with Crippen LogP contribution in [0.1, 0.15) is 24.2 Å². The van der Waals surface area contributed by atoms with E-state index < -0.39 is 0 Å². The summed E-state index contributed by atoms with van der Waals surface area (Å²) in [6.45, 7) is 4.66. The highest BCUT2D eigenvalue weighted by atomic mass is 16.1. The number of nitrogens with one attached hydrogen (secondary N) is 2. The number of nitrogens with zero attached hydrogens (tertiary/aromatic N) is 3. The molecule has 0 unspecified atom stereocenters. The molecule has 1 amide bonds. The average molecular weight is 399 g/mol. The van der Waals surface area contributed by atoms with Crippen LogP contribution in [0.5, 0.6) is 0 Å². The van der Waals surface area contributed by atoms with Crippen LogP contribution < -0.4 is 5.32 Å². The molecule has 30 heavy (non-hydrogen) atoms. The van der Waals surface area contributed by atoms with Crippen molar-refractivity contribution in [2.45, 2.75) is 26.3 Å². The second-order valence-corrected chi connectivity index (χ2v) is 8.12. The summed E-state index contributed by atoms with van der Waals surface area (Å²) < 4.78 is 0. The molecule has 4 aromatic rings. The number of benzene rings is 2. The fourth-order valence-corrected chi connectivity index (χ4v) is 4.26. The normalized spacial score (nSPS) is 15.6. The summed E-state index contributed by atoms with van der Waals surface area (Å²) in [4.78, 5) is 27.8. The number of hydrogen-bond acceptors (Lipinski definition) is 4. The number of H-pyrrole nitrogens is 1. The average Bonchev–Trinajstić information content (AvgIpc) is 3.16. The minimum absolute atomic E-state index is 0.0264. The van der Waals surface area contributed by atoms with E-state index >= 15 is 0 Å². The first-order valence-corrected chi connectivity index (χ1v) is 10.5. The van der Waals surface area contributed by atoms with Crippen molar-refractivity contribution in [1.82, 2.24) is 19.9 Å². The second kappa shape index (κ2) is 7.88. The van der Waals surface area contributed by atoms with E-state index in [-0.39, 0.29) is 11.8 Å². The van der Waals surface area contributed by atoms with Gasteiger partial charge < -0.3 is 10.3 Å². The molecule has 1 saturated heterocycles. The maximum absolute atomic E-state index is 12.8. The Morgan fingerprint density at radius 2 is 2.00 bits per heavy atom. The number of hydrogen-bond donors (Lipinski definition) is 2. The van der Waals surface area contributed by atoms with Crippen molar-refractivity contribution in [2.24, 2.45) is 5.92 Å². The van der Waals surface area contributed by atoms with Gasteiger partial charge in [0, 0.05) is 17.5 Å². The van der Waals surface area contributed by atoms with E-state index in [0.717, 1.165) is 65.9 Å². The number of amides is 1. The molecule has 152 valence electrons. The van der Waals surface area contributed by atoms with Crippen molar-refractivity contribution in [3.63, 3.8) is 0 Å². The van der Waals surface area contributed by atoms with Crippen LogP contribution >= 0.6 is 0 Å². The van der Waals surface area contributed by atoms with Gasteiger partial charge in [0.15, 0.2) is 0 Å². The van der Waals surface area contributed by atoms with Gasteiger partial charge in [0.2, 0.25) is 5.91 Å². The summed E-state index contributed by atoms with van der Waals surface area (Å²) in [5.41, 5.74) is 4.95. The van der Waals surface area contributed by atoms with E-state index in [9.17, 15) is 4.79 Å². The zero-order chi connectivity index (χ0) is 20.5. The number of aryl methyl sites for hydroxylation is 1. The van der Waals surface area contributed by atoms with Crippen molar-refractivity contribution in [2.75, 3.05) is 18.4 Å². The molecular weight excluding hydrogens is 374 g/mol. The molecular formula is C24H25N5O.